The predicted octanol–water partition coefficient (Wildman–Crippen LogP) is 4.10. The molecule has 2 aromatic carbocycles. The molecule has 2 heterocycles. The minimum Gasteiger partial charge on any atom is -0.493 e. The molecular weight excluding hydrogens is 348 g/mol. The molecule has 0 aliphatic carbocycles. The maximum absolute atomic E-state index is 12.9. The van der Waals surface area contributed by atoms with E-state index in [0.29, 0.717) is 33.6 Å². The Labute approximate surface area is 153 Å². The predicted molar refractivity (Wildman–Crippen MR) is 100.0 cm³/mol. The first-order valence-electron chi connectivity index (χ1n) is 8.25. The van der Waals surface area contributed by atoms with E-state index in [1.54, 1.807) is 36.6 Å². The standard InChI is InChI=1S/C21H16O6/c1-11-10-26-16-7-5-13-8-14(21(23)27-20(13)18(11)16)19(22)12-4-6-15(24-2)17(9-12)25-3/h4-10H,1-3H3. The van der Waals surface area contributed by atoms with E-state index in [1.807, 2.05) is 6.92 Å². The summed E-state index contributed by atoms with van der Waals surface area (Å²) in [6.07, 6.45) is 1.60. The average molecular weight is 364 g/mol. The molecule has 0 N–H and O–H groups in total. The van der Waals surface area contributed by atoms with Gasteiger partial charge in [0, 0.05) is 10.9 Å². The quantitative estimate of drug-likeness (QED) is 0.401. The molecule has 2 aromatic heterocycles. The van der Waals surface area contributed by atoms with Crippen LogP contribution in [0.2, 0.25) is 0 Å². The molecule has 136 valence electrons. The van der Waals surface area contributed by atoms with E-state index in [9.17, 15) is 9.59 Å². The van der Waals surface area contributed by atoms with Gasteiger partial charge in [0.2, 0.25) is 5.78 Å². The number of benzene rings is 2. The number of carbonyl (C=O) groups excluding carboxylic acids is 1. The smallest absolute Gasteiger partial charge is 0.347 e. The monoisotopic (exact) mass is 364 g/mol. The Morgan fingerprint density at radius 2 is 1.78 bits per heavy atom. The van der Waals surface area contributed by atoms with Gasteiger partial charge in [0.25, 0.3) is 0 Å². The van der Waals surface area contributed by atoms with Gasteiger partial charge in [-0.3, -0.25) is 4.79 Å². The van der Waals surface area contributed by atoms with Crippen molar-refractivity contribution in [3.63, 3.8) is 0 Å². The molecule has 0 spiro atoms. The minimum absolute atomic E-state index is 0.0461. The molecule has 0 radical (unpaired) electrons. The molecule has 0 saturated heterocycles. The third-order valence-electron chi connectivity index (χ3n) is 4.51. The highest BCUT2D eigenvalue weighted by Crippen LogP contribution is 2.31. The van der Waals surface area contributed by atoms with E-state index in [0.717, 1.165) is 10.9 Å². The fourth-order valence-corrected chi connectivity index (χ4v) is 3.14. The van der Waals surface area contributed by atoms with Gasteiger partial charge < -0.3 is 18.3 Å². The number of hydrogen-bond donors (Lipinski definition) is 0. The Hall–Kier alpha value is -3.54. The summed E-state index contributed by atoms with van der Waals surface area (Å²) in [5.74, 6) is 0.456. The van der Waals surface area contributed by atoms with Crippen molar-refractivity contribution in [2.45, 2.75) is 6.92 Å². The summed E-state index contributed by atoms with van der Waals surface area (Å²) in [7, 11) is 2.99. The Morgan fingerprint density at radius 1 is 1.00 bits per heavy atom. The van der Waals surface area contributed by atoms with Gasteiger partial charge in [0.1, 0.15) is 16.7 Å². The summed E-state index contributed by atoms with van der Waals surface area (Å²) in [5.41, 5.74) is 1.46. The first kappa shape index (κ1) is 16.9. The second kappa shape index (κ2) is 6.32. The zero-order valence-corrected chi connectivity index (χ0v) is 15.0. The molecule has 4 aromatic rings. The van der Waals surface area contributed by atoms with Gasteiger partial charge in [-0.05, 0) is 48.9 Å². The molecular formula is C21H16O6. The number of ketones is 1. The molecule has 0 aliphatic heterocycles. The van der Waals surface area contributed by atoms with Crippen molar-refractivity contribution in [3.05, 3.63) is 69.8 Å². The highest BCUT2D eigenvalue weighted by molar-refractivity contribution is 6.11. The molecule has 6 heteroatoms. The lowest BCUT2D eigenvalue weighted by molar-refractivity contribution is 0.103. The van der Waals surface area contributed by atoms with Crippen LogP contribution in [0.5, 0.6) is 11.5 Å². The van der Waals surface area contributed by atoms with Gasteiger partial charge in [-0.15, -0.1) is 0 Å². The maximum atomic E-state index is 12.9. The van der Waals surface area contributed by atoms with Crippen molar-refractivity contribution in [2.75, 3.05) is 14.2 Å². The third-order valence-corrected chi connectivity index (χ3v) is 4.51. The molecule has 0 amide bonds. The topological polar surface area (TPSA) is 78.9 Å². The lowest BCUT2D eigenvalue weighted by atomic mass is 10.0. The normalized spacial score (nSPS) is 11.1. The van der Waals surface area contributed by atoms with Crippen LogP contribution in [0.1, 0.15) is 21.5 Å². The van der Waals surface area contributed by atoms with E-state index in [4.69, 9.17) is 18.3 Å². The molecule has 0 saturated carbocycles. The van der Waals surface area contributed by atoms with E-state index >= 15 is 0 Å². The summed E-state index contributed by atoms with van der Waals surface area (Å²) in [4.78, 5) is 25.4. The van der Waals surface area contributed by atoms with Crippen molar-refractivity contribution < 1.29 is 23.1 Å². The summed E-state index contributed by atoms with van der Waals surface area (Å²) < 4.78 is 21.3. The number of ether oxygens (including phenoxy) is 2. The number of rotatable bonds is 4. The fourth-order valence-electron chi connectivity index (χ4n) is 3.14. The van der Waals surface area contributed by atoms with Crippen LogP contribution < -0.4 is 15.1 Å². The highest BCUT2D eigenvalue weighted by Gasteiger charge is 2.19. The number of aryl methyl sites for hydroxylation is 1. The zero-order chi connectivity index (χ0) is 19.1. The van der Waals surface area contributed by atoms with Crippen molar-refractivity contribution in [2.24, 2.45) is 0 Å². The Kier molecular flexibility index (Phi) is 3.96. The molecule has 6 nitrogen and oxygen atoms in total. The van der Waals surface area contributed by atoms with Crippen LogP contribution in [0.15, 0.2) is 56.3 Å². The molecule has 0 atom stereocenters. The van der Waals surface area contributed by atoms with Crippen molar-refractivity contribution in [1.82, 2.24) is 0 Å². The number of fused-ring (bicyclic) bond motifs is 3. The van der Waals surface area contributed by atoms with Crippen LogP contribution in [0.4, 0.5) is 0 Å². The van der Waals surface area contributed by atoms with E-state index in [2.05, 4.69) is 0 Å². The molecule has 27 heavy (non-hydrogen) atoms. The summed E-state index contributed by atoms with van der Waals surface area (Å²) in [6, 6.07) is 9.83. The molecule has 4 rings (SSSR count). The van der Waals surface area contributed by atoms with Gasteiger partial charge in [0.15, 0.2) is 11.5 Å². The molecule has 0 unspecified atom stereocenters. The van der Waals surface area contributed by atoms with Crippen LogP contribution in [-0.4, -0.2) is 20.0 Å². The van der Waals surface area contributed by atoms with Crippen molar-refractivity contribution in [1.29, 1.82) is 0 Å². The third kappa shape index (κ3) is 2.66. The first-order chi connectivity index (χ1) is 13.0. The molecule has 0 bridgehead atoms. The number of carbonyl (C=O) groups is 1. The number of methoxy groups -OCH3 is 2. The van der Waals surface area contributed by atoms with Crippen molar-refractivity contribution in [3.8, 4) is 11.5 Å². The van der Waals surface area contributed by atoms with Gasteiger partial charge in [0.05, 0.1) is 25.9 Å². The maximum Gasteiger partial charge on any atom is 0.347 e. The van der Waals surface area contributed by atoms with E-state index in [-0.39, 0.29) is 5.56 Å². The highest BCUT2D eigenvalue weighted by atomic mass is 16.5. The Balaban J connectivity index is 1.87. The summed E-state index contributed by atoms with van der Waals surface area (Å²) >= 11 is 0. The van der Waals surface area contributed by atoms with Gasteiger partial charge in [-0.1, -0.05) is 0 Å². The lowest BCUT2D eigenvalue weighted by Gasteiger charge is -2.09. The van der Waals surface area contributed by atoms with E-state index in [1.165, 1.54) is 20.3 Å². The van der Waals surface area contributed by atoms with Crippen LogP contribution in [0.3, 0.4) is 0 Å². The van der Waals surface area contributed by atoms with Gasteiger partial charge >= 0.3 is 5.63 Å². The average Bonchev–Trinajstić information content (AvgIpc) is 3.07. The van der Waals surface area contributed by atoms with Gasteiger partial charge in [-0.2, -0.15) is 0 Å². The van der Waals surface area contributed by atoms with Gasteiger partial charge in [-0.25, -0.2) is 4.79 Å². The first-order valence-corrected chi connectivity index (χ1v) is 8.25. The van der Waals surface area contributed by atoms with E-state index < -0.39 is 11.4 Å². The number of furan rings is 1. The largest absolute Gasteiger partial charge is 0.493 e. The molecule has 0 fully saturated rings. The Morgan fingerprint density at radius 3 is 2.52 bits per heavy atom. The second-order valence-electron chi connectivity index (χ2n) is 6.12. The van der Waals surface area contributed by atoms with Crippen LogP contribution >= 0.6 is 0 Å². The Bertz CT molecular complexity index is 1240. The fraction of sp³-hybridized carbons (Fsp3) is 0.143. The van der Waals surface area contributed by atoms with Crippen LogP contribution in [-0.2, 0) is 0 Å². The zero-order valence-electron chi connectivity index (χ0n) is 15.0. The number of hydrogen-bond acceptors (Lipinski definition) is 6. The second-order valence-corrected chi connectivity index (χ2v) is 6.12. The van der Waals surface area contributed by atoms with Crippen LogP contribution in [0.25, 0.3) is 21.9 Å². The van der Waals surface area contributed by atoms with Crippen molar-refractivity contribution >= 4 is 27.7 Å². The SMILES string of the molecule is COc1ccc(C(=O)c2cc3ccc4occ(C)c4c3oc2=O)cc1OC. The molecule has 0 aliphatic rings. The van der Waals surface area contributed by atoms with Crippen LogP contribution in [0, 0.1) is 6.92 Å². The lowest BCUT2D eigenvalue weighted by Crippen LogP contribution is -2.15. The summed E-state index contributed by atoms with van der Waals surface area (Å²) in [5, 5.41) is 1.38. The summed E-state index contributed by atoms with van der Waals surface area (Å²) in [6.45, 7) is 1.87. The minimum atomic E-state index is -0.699.